The SMILES string of the molecule is COc1cc(NC(=O)CCCN(C)C2CCC(OC(=O)C(O)(c3cccs3)c3cccs3)CC2)c(Cl)cc1CNC[C@@H](O)c1ccc(O)c2[nH]c(=O)ccc12. The standard InChI is InChI=1S/C40H45ClN4O8S2/c1-45(25-9-11-26(12-10-25)53-39(50)40(51,34-6-4-18-54-34)35-7-5-19-55-35)17-3-8-36(48)43-30-21-33(52-2)24(20-29(30)41)22-42-23-32(47)27-13-15-31(46)38-28(27)14-16-37(49)44-38/h4-7,13-16,18-21,25-26,32,42,46-47,51H,3,8-12,17,22-23H2,1-2H3,(H,43,48)(H,44,49)/t25?,26?,32-/m1/s1. The minimum atomic E-state index is -1.81. The molecule has 1 aliphatic carbocycles. The summed E-state index contributed by atoms with van der Waals surface area (Å²) in [7, 11) is 3.57. The van der Waals surface area contributed by atoms with Gasteiger partial charge in [-0.2, -0.15) is 0 Å². The highest BCUT2D eigenvalue weighted by molar-refractivity contribution is 7.12. The molecule has 0 bridgehead atoms. The number of aromatic hydroxyl groups is 1. The van der Waals surface area contributed by atoms with Crippen molar-refractivity contribution in [2.45, 2.75) is 68.9 Å². The number of carbonyl (C=O) groups excluding carboxylic acids is 2. The lowest BCUT2D eigenvalue weighted by Crippen LogP contribution is -2.42. The topological polar surface area (TPSA) is 173 Å². The van der Waals surface area contributed by atoms with Crippen LogP contribution >= 0.6 is 34.3 Å². The molecular weight excluding hydrogens is 764 g/mol. The molecule has 292 valence electrons. The van der Waals surface area contributed by atoms with Gasteiger partial charge < -0.3 is 45.3 Å². The Kier molecular flexibility index (Phi) is 13.3. The van der Waals surface area contributed by atoms with Gasteiger partial charge in [0.05, 0.1) is 39.2 Å². The second kappa shape index (κ2) is 18.1. The van der Waals surface area contributed by atoms with Crippen LogP contribution in [0.4, 0.5) is 5.69 Å². The van der Waals surface area contributed by atoms with E-state index in [1.165, 1.54) is 41.9 Å². The molecule has 0 radical (unpaired) electrons. The number of aliphatic hydroxyl groups is 2. The molecule has 0 unspecified atom stereocenters. The average Bonchev–Trinajstić information content (AvgIpc) is 3.93. The number of fused-ring (bicyclic) bond motifs is 1. The fourth-order valence-electron chi connectivity index (χ4n) is 7.04. The van der Waals surface area contributed by atoms with E-state index in [2.05, 4.69) is 20.5 Å². The number of anilines is 1. The van der Waals surface area contributed by atoms with Gasteiger partial charge in [-0.05, 0) is 92.4 Å². The zero-order valence-corrected chi connectivity index (χ0v) is 32.9. The number of phenols is 1. The molecule has 0 spiro atoms. The van der Waals surface area contributed by atoms with Crippen molar-refractivity contribution < 1.29 is 34.4 Å². The maximum atomic E-state index is 13.4. The Morgan fingerprint density at radius 3 is 2.42 bits per heavy atom. The zero-order valence-electron chi connectivity index (χ0n) is 30.5. The molecule has 12 nitrogen and oxygen atoms in total. The number of amides is 1. The second-order valence-corrected chi connectivity index (χ2v) is 16.0. The number of phenolic OH excluding ortho intramolecular Hbond substituents is 1. The van der Waals surface area contributed by atoms with Crippen LogP contribution in [-0.4, -0.2) is 76.5 Å². The van der Waals surface area contributed by atoms with Gasteiger partial charge in [0.1, 0.15) is 17.6 Å². The number of thiophene rings is 2. The lowest BCUT2D eigenvalue weighted by atomic mass is 9.91. The quantitative estimate of drug-likeness (QED) is 0.0623. The minimum absolute atomic E-state index is 0.0807. The van der Waals surface area contributed by atoms with Gasteiger partial charge in [-0.1, -0.05) is 29.8 Å². The lowest BCUT2D eigenvalue weighted by molar-refractivity contribution is -0.169. The number of hydrogen-bond donors (Lipinski definition) is 6. The van der Waals surface area contributed by atoms with Crippen molar-refractivity contribution in [3.63, 3.8) is 0 Å². The van der Waals surface area contributed by atoms with E-state index in [1.54, 1.807) is 36.4 Å². The van der Waals surface area contributed by atoms with Crippen LogP contribution < -0.4 is 20.9 Å². The normalized spacial score (nSPS) is 16.6. The average molecular weight is 809 g/mol. The van der Waals surface area contributed by atoms with Crippen LogP contribution in [0.1, 0.15) is 65.5 Å². The number of esters is 1. The molecule has 0 aliphatic heterocycles. The Balaban J connectivity index is 0.940. The van der Waals surface area contributed by atoms with Gasteiger partial charge in [-0.15, -0.1) is 22.7 Å². The molecule has 6 rings (SSSR count). The van der Waals surface area contributed by atoms with Gasteiger partial charge in [0.15, 0.2) is 0 Å². The van der Waals surface area contributed by atoms with E-state index in [0.29, 0.717) is 82.0 Å². The number of carbonyl (C=O) groups is 2. The van der Waals surface area contributed by atoms with Gasteiger partial charge >= 0.3 is 5.97 Å². The van der Waals surface area contributed by atoms with Crippen LogP contribution in [0.3, 0.4) is 0 Å². The first kappa shape index (κ1) is 40.4. The van der Waals surface area contributed by atoms with E-state index in [4.69, 9.17) is 21.1 Å². The van der Waals surface area contributed by atoms with Crippen molar-refractivity contribution in [2.24, 2.45) is 0 Å². The largest absolute Gasteiger partial charge is 0.506 e. The molecule has 3 aromatic heterocycles. The molecular formula is C40H45ClN4O8S2. The number of aromatic nitrogens is 1. The van der Waals surface area contributed by atoms with E-state index in [-0.39, 0.29) is 35.4 Å². The third-order valence-electron chi connectivity index (χ3n) is 10.1. The Bertz CT molecular complexity index is 2100. The van der Waals surface area contributed by atoms with Crippen LogP contribution in [0.2, 0.25) is 5.02 Å². The van der Waals surface area contributed by atoms with Crippen molar-refractivity contribution >= 4 is 62.7 Å². The first-order valence-electron chi connectivity index (χ1n) is 18.1. The second-order valence-electron chi connectivity index (χ2n) is 13.7. The fraction of sp³-hybridized carbons (Fsp3) is 0.375. The number of H-pyrrole nitrogens is 1. The molecule has 1 amide bonds. The third-order valence-corrected chi connectivity index (χ3v) is 12.3. The first-order chi connectivity index (χ1) is 26.5. The summed E-state index contributed by atoms with van der Waals surface area (Å²) in [6, 6.07) is 16.8. The molecule has 6 N–H and O–H groups in total. The zero-order chi connectivity index (χ0) is 39.1. The monoisotopic (exact) mass is 808 g/mol. The minimum Gasteiger partial charge on any atom is -0.506 e. The van der Waals surface area contributed by atoms with Crippen LogP contribution in [0.25, 0.3) is 10.9 Å². The Labute approximate surface area is 331 Å². The highest BCUT2D eigenvalue weighted by Crippen LogP contribution is 2.38. The predicted octanol–water partition coefficient (Wildman–Crippen LogP) is 6.28. The van der Waals surface area contributed by atoms with Crippen molar-refractivity contribution in [3.8, 4) is 11.5 Å². The van der Waals surface area contributed by atoms with Gasteiger partial charge in [-0.25, -0.2) is 4.79 Å². The summed E-state index contributed by atoms with van der Waals surface area (Å²) in [5, 5.41) is 43.3. The van der Waals surface area contributed by atoms with E-state index in [0.717, 1.165) is 18.4 Å². The summed E-state index contributed by atoms with van der Waals surface area (Å²) in [4.78, 5) is 44.0. The number of aliphatic hydroxyl groups excluding tert-OH is 1. The number of benzene rings is 2. The molecule has 55 heavy (non-hydrogen) atoms. The maximum Gasteiger partial charge on any atom is 0.349 e. The van der Waals surface area contributed by atoms with Crippen LogP contribution in [-0.2, 0) is 26.5 Å². The Hall–Kier alpha value is -4.28. The van der Waals surface area contributed by atoms with Crippen LogP contribution in [0.5, 0.6) is 11.5 Å². The van der Waals surface area contributed by atoms with E-state index < -0.39 is 17.7 Å². The highest BCUT2D eigenvalue weighted by atomic mass is 35.5. The van der Waals surface area contributed by atoms with Crippen molar-refractivity contribution in [3.05, 3.63) is 108 Å². The molecule has 1 atom stereocenters. The summed E-state index contributed by atoms with van der Waals surface area (Å²) in [5.41, 5.74) is -0.197. The van der Waals surface area contributed by atoms with Crippen LogP contribution in [0, 0.1) is 0 Å². The lowest BCUT2D eigenvalue weighted by Gasteiger charge is -2.35. The molecule has 0 saturated heterocycles. The number of pyridine rings is 1. The fourth-order valence-corrected chi connectivity index (χ4v) is 8.99. The van der Waals surface area contributed by atoms with Crippen molar-refractivity contribution in [1.82, 2.24) is 15.2 Å². The Morgan fingerprint density at radius 2 is 1.76 bits per heavy atom. The number of ether oxygens (including phenoxy) is 2. The van der Waals surface area contributed by atoms with Gasteiger partial charge in [0.2, 0.25) is 17.1 Å². The predicted molar refractivity (Wildman–Crippen MR) is 215 cm³/mol. The van der Waals surface area contributed by atoms with Crippen molar-refractivity contribution in [1.29, 1.82) is 0 Å². The number of rotatable bonds is 16. The number of nitrogens with one attached hydrogen (secondary N) is 3. The number of methoxy groups -OCH3 is 1. The van der Waals surface area contributed by atoms with E-state index in [9.17, 15) is 29.7 Å². The van der Waals surface area contributed by atoms with Gasteiger partial charge in [-0.3, -0.25) is 9.59 Å². The number of hydrogen-bond acceptors (Lipinski definition) is 12. The van der Waals surface area contributed by atoms with Gasteiger partial charge in [0, 0.05) is 48.6 Å². The summed E-state index contributed by atoms with van der Waals surface area (Å²) < 4.78 is 11.5. The van der Waals surface area contributed by atoms with Crippen molar-refractivity contribution in [2.75, 3.05) is 32.6 Å². The first-order valence-corrected chi connectivity index (χ1v) is 20.2. The molecule has 3 heterocycles. The number of nitrogens with zero attached hydrogens (tertiary/aromatic N) is 1. The molecule has 15 heteroatoms. The summed E-state index contributed by atoms with van der Waals surface area (Å²) in [6.07, 6.45) is 2.77. The molecule has 5 aromatic rings. The molecule has 2 aromatic carbocycles. The highest BCUT2D eigenvalue weighted by Gasteiger charge is 2.45. The smallest absolute Gasteiger partial charge is 0.349 e. The van der Waals surface area contributed by atoms with Crippen LogP contribution in [0.15, 0.2) is 76.2 Å². The summed E-state index contributed by atoms with van der Waals surface area (Å²) >= 11 is 9.24. The van der Waals surface area contributed by atoms with Gasteiger partial charge in [0.25, 0.3) is 0 Å². The number of halogens is 1. The molecule has 1 aliphatic rings. The maximum absolute atomic E-state index is 13.4. The molecule has 1 saturated carbocycles. The molecule has 1 fully saturated rings. The summed E-state index contributed by atoms with van der Waals surface area (Å²) in [6.45, 7) is 1.19. The summed E-state index contributed by atoms with van der Waals surface area (Å²) in [5.74, 6) is -0.379. The third kappa shape index (κ3) is 9.41. The van der Waals surface area contributed by atoms with E-state index in [1.807, 2.05) is 29.9 Å². The number of aromatic amines is 1. The van der Waals surface area contributed by atoms with E-state index >= 15 is 0 Å². The Morgan fingerprint density at radius 1 is 1.05 bits per heavy atom.